The summed E-state index contributed by atoms with van der Waals surface area (Å²) >= 11 is 0. The first-order valence-electron chi connectivity index (χ1n) is 5.28. The van der Waals surface area contributed by atoms with Gasteiger partial charge in [0.15, 0.2) is 17.3 Å². The molecular formula is C13H18O3. The maximum Gasteiger partial charge on any atom is 0.161 e. The normalized spacial score (nSPS) is 10.4. The lowest BCUT2D eigenvalue weighted by Gasteiger charge is -2.15. The van der Waals surface area contributed by atoms with Crippen molar-refractivity contribution in [1.29, 1.82) is 0 Å². The second-order valence-electron chi connectivity index (χ2n) is 4.01. The summed E-state index contributed by atoms with van der Waals surface area (Å²) in [4.78, 5) is 11.5. The van der Waals surface area contributed by atoms with Gasteiger partial charge < -0.3 is 9.47 Å². The van der Waals surface area contributed by atoms with Crippen LogP contribution in [-0.4, -0.2) is 20.0 Å². The molecule has 1 aromatic rings. The van der Waals surface area contributed by atoms with E-state index in [0.29, 0.717) is 17.1 Å². The lowest BCUT2D eigenvalue weighted by Crippen LogP contribution is -2.03. The molecule has 0 saturated carbocycles. The van der Waals surface area contributed by atoms with E-state index in [0.717, 1.165) is 5.56 Å². The van der Waals surface area contributed by atoms with Crippen LogP contribution < -0.4 is 9.47 Å². The fourth-order valence-electron chi connectivity index (χ4n) is 1.68. The van der Waals surface area contributed by atoms with Crippen LogP contribution in [0, 0.1) is 0 Å². The lowest BCUT2D eigenvalue weighted by molar-refractivity contribution is 0.101. The molecule has 1 rings (SSSR count). The third kappa shape index (κ3) is 2.35. The van der Waals surface area contributed by atoms with Crippen LogP contribution in [0.15, 0.2) is 12.1 Å². The molecule has 0 N–H and O–H groups in total. The number of ether oxygens (including phenoxy) is 2. The van der Waals surface area contributed by atoms with Crippen molar-refractivity contribution < 1.29 is 14.3 Å². The number of methoxy groups -OCH3 is 2. The first-order valence-corrected chi connectivity index (χ1v) is 5.28. The highest BCUT2D eigenvalue weighted by molar-refractivity contribution is 5.96. The first kappa shape index (κ1) is 12.6. The molecule has 0 atom stereocenters. The highest BCUT2D eigenvalue weighted by Crippen LogP contribution is 2.33. The molecule has 0 aliphatic rings. The minimum absolute atomic E-state index is 0.0460. The Morgan fingerprint density at radius 2 is 1.62 bits per heavy atom. The van der Waals surface area contributed by atoms with Crippen LogP contribution in [0.1, 0.15) is 42.6 Å². The zero-order valence-electron chi connectivity index (χ0n) is 10.5. The molecule has 0 saturated heterocycles. The van der Waals surface area contributed by atoms with Crippen molar-refractivity contribution in [3.05, 3.63) is 23.3 Å². The molecule has 0 aliphatic carbocycles. The summed E-state index contributed by atoms with van der Waals surface area (Å²) < 4.78 is 10.4. The van der Waals surface area contributed by atoms with Crippen molar-refractivity contribution in [2.24, 2.45) is 0 Å². The smallest absolute Gasteiger partial charge is 0.161 e. The Kier molecular flexibility index (Phi) is 3.93. The molecule has 0 aliphatic heterocycles. The summed E-state index contributed by atoms with van der Waals surface area (Å²) in [6.45, 7) is 5.66. The molecule has 3 nitrogen and oxygen atoms in total. The van der Waals surface area contributed by atoms with Gasteiger partial charge in [0.1, 0.15) is 0 Å². The largest absolute Gasteiger partial charge is 0.493 e. The quantitative estimate of drug-likeness (QED) is 0.734. The zero-order chi connectivity index (χ0) is 12.3. The van der Waals surface area contributed by atoms with Gasteiger partial charge in [0.2, 0.25) is 0 Å². The second kappa shape index (κ2) is 5.01. The Hall–Kier alpha value is -1.51. The lowest BCUT2D eigenvalue weighted by atomic mass is 9.94. The molecule has 0 bridgehead atoms. The molecule has 16 heavy (non-hydrogen) atoms. The fraction of sp³-hybridized carbons (Fsp3) is 0.462. The van der Waals surface area contributed by atoms with E-state index in [2.05, 4.69) is 0 Å². The number of benzene rings is 1. The van der Waals surface area contributed by atoms with E-state index in [4.69, 9.17) is 9.47 Å². The zero-order valence-corrected chi connectivity index (χ0v) is 10.5. The molecule has 0 radical (unpaired) electrons. The van der Waals surface area contributed by atoms with Crippen LogP contribution in [-0.2, 0) is 0 Å². The van der Waals surface area contributed by atoms with Crippen LogP contribution in [0.3, 0.4) is 0 Å². The molecule has 0 unspecified atom stereocenters. The summed E-state index contributed by atoms with van der Waals surface area (Å²) in [6.07, 6.45) is 0. The molecule has 3 heteroatoms. The summed E-state index contributed by atoms with van der Waals surface area (Å²) in [5.74, 6) is 1.58. The second-order valence-corrected chi connectivity index (χ2v) is 4.01. The average Bonchev–Trinajstić information content (AvgIpc) is 2.26. The van der Waals surface area contributed by atoms with Gasteiger partial charge in [-0.3, -0.25) is 4.79 Å². The van der Waals surface area contributed by atoms with E-state index in [1.54, 1.807) is 27.2 Å². The van der Waals surface area contributed by atoms with Crippen molar-refractivity contribution in [3.63, 3.8) is 0 Å². The number of Topliss-reactive ketones (excluding diaryl/α,β-unsaturated/α-hetero) is 1. The standard InChI is InChI=1S/C13H18O3/c1-8(2)10-6-12(15-4)13(16-5)7-11(10)9(3)14/h6-8H,1-5H3. The monoisotopic (exact) mass is 222 g/mol. The van der Waals surface area contributed by atoms with Crippen LogP contribution in [0.4, 0.5) is 0 Å². The van der Waals surface area contributed by atoms with E-state index in [1.807, 2.05) is 19.9 Å². The van der Waals surface area contributed by atoms with Gasteiger partial charge in [0, 0.05) is 5.56 Å². The first-order chi connectivity index (χ1) is 7.51. The van der Waals surface area contributed by atoms with Crippen molar-refractivity contribution >= 4 is 5.78 Å². The van der Waals surface area contributed by atoms with Gasteiger partial charge in [-0.2, -0.15) is 0 Å². The van der Waals surface area contributed by atoms with Gasteiger partial charge in [-0.25, -0.2) is 0 Å². The number of rotatable bonds is 4. The van der Waals surface area contributed by atoms with Gasteiger partial charge >= 0.3 is 0 Å². The number of hydrogen-bond donors (Lipinski definition) is 0. The predicted octanol–water partition coefficient (Wildman–Crippen LogP) is 3.03. The fourth-order valence-corrected chi connectivity index (χ4v) is 1.68. The number of hydrogen-bond acceptors (Lipinski definition) is 3. The average molecular weight is 222 g/mol. The van der Waals surface area contributed by atoms with Crippen LogP contribution >= 0.6 is 0 Å². The minimum Gasteiger partial charge on any atom is -0.493 e. The Morgan fingerprint density at radius 3 is 2.00 bits per heavy atom. The van der Waals surface area contributed by atoms with Crippen LogP contribution in [0.5, 0.6) is 11.5 Å². The maximum atomic E-state index is 11.5. The van der Waals surface area contributed by atoms with Crippen LogP contribution in [0.2, 0.25) is 0 Å². The Balaban J connectivity index is 3.41. The topological polar surface area (TPSA) is 35.5 Å². The summed E-state index contributed by atoms with van der Waals surface area (Å²) in [5.41, 5.74) is 1.69. The maximum absolute atomic E-state index is 11.5. The highest BCUT2D eigenvalue weighted by atomic mass is 16.5. The highest BCUT2D eigenvalue weighted by Gasteiger charge is 2.15. The van der Waals surface area contributed by atoms with E-state index in [-0.39, 0.29) is 11.7 Å². The Labute approximate surface area is 96.4 Å². The molecule has 0 spiro atoms. The summed E-state index contributed by atoms with van der Waals surface area (Å²) in [7, 11) is 3.16. The van der Waals surface area contributed by atoms with Gasteiger partial charge in [-0.15, -0.1) is 0 Å². The number of carbonyl (C=O) groups is 1. The van der Waals surface area contributed by atoms with Crippen molar-refractivity contribution in [3.8, 4) is 11.5 Å². The van der Waals surface area contributed by atoms with Gasteiger partial charge in [0.05, 0.1) is 14.2 Å². The molecule has 0 heterocycles. The SMILES string of the molecule is COc1cc(C(C)=O)c(C(C)C)cc1OC. The predicted molar refractivity (Wildman–Crippen MR) is 63.6 cm³/mol. The minimum atomic E-state index is 0.0460. The van der Waals surface area contributed by atoms with Gasteiger partial charge in [0.25, 0.3) is 0 Å². The third-order valence-corrected chi connectivity index (χ3v) is 2.56. The van der Waals surface area contributed by atoms with E-state index in [1.165, 1.54) is 0 Å². The molecule has 1 aromatic carbocycles. The summed E-state index contributed by atoms with van der Waals surface area (Å²) in [6, 6.07) is 3.62. The summed E-state index contributed by atoms with van der Waals surface area (Å²) in [5, 5.41) is 0. The van der Waals surface area contributed by atoms with E-state index >= 15 is 0 Å². The molecule has 0 aromatic heterocycles. The third-order valence-electron chi connectivity index (χ3n) is 2.56. The molecule has 0 amide bonds. The molecule has 0 fully saturated rings. The van der Waals surface area contributed by atoms with Crippen LogP contribution in [0.25, 0.3) is 0 Å². The van der Waals surface area contributed by atoms with E-state index < -0.39 is 0 Å². The Bertz CT molecular complexity index is 394. The van der Waals surface area contributed by atoms with Gasteiger partial charge in [-0.1, -0.05) is 13.8 Å². The van der Waals surface area contributed by atoms with E-state index in [9.17, 15) is 4.79 Å². The molecular weight excluding hydrogens is 204 g/mol. The number of carbonyl (C=O) groups excluding carboxylic acids is 1. The Morgan fingerprint density at radius 1 is 1.12 bits per heavy atom. The molecule has 88 valence electrons. The van der Waals surface area contributed by atoms with Crippen molar-refractivity contribution in [2.45, 2.75) is 26.7 Å². The van der Waals surface area contributed by atoms with Crippen molar-refractivity contribution in [1.82, 2.24) is 0 Å². The van der Waals surface area contributed by atoms with Crippen molar-refractivity contribution in [2.75, 3.05) is 14.2 Å². The van der Waals surface area contributed by atoms with Gasteiger partial charge in [-0.05, 0) is 30.5 Å². The number of ketones is 1.